The number of pyridine rings is 1. The highest BCUT2D eigenvalue weighted by Crippen LogP contribution is 2.38. The van der Waals surface area contributed by atoms with E-state index in [-0.39, 0.29) is 24.1 Å². The third-order valence-electron chi connectivity index (χ3n) is 3.45. The van der Waals surface area contributed by atoms with E-state index in [0.717, 1.165) is 10.9 Å². The van der Waals surface area contributed by atoms with Gasteiger partial charge in [-0.25, -0.2) is 4.98 Å². The average molecular weight is 337 g/mol. The van der Waals surface area contributed by atoms with Crippen molar-refractivity contribution in [2.24, 2.45) is 11.8 Å². The fourth-order valence-corrected chi connectivity index (χ4v) is 2.44. The molecule has 1 fully saturated rings. The van der Waals surface area contributed by atoms with Gasteiger partial charge in [0.05, 0.1) is 11.6 Å². The molecule has 3 rings (SSSR count). The van der Waals surface area contributed by atoms with Crippen molar-refractivity contribution in [3.63, 3.8) is 0 Å². The summed E-state index contributed by atoms with van der Waals surface area (Å²) in [4.78, 5) is 27.9. The lowest BCUT2D eigenvalue weighted by Gasteiger charge is -2.06. The normalized spacial score (nSPS) is 20.9. The molecule has 0 unspecified atom stereocenters. The van der Waals surface area contributed by atoms with Gasteiger partial charge in [-0.2, -0.15) is 0 Å². The van der Waals surface area contributed by atoms with Gasteiger partial charge >= 0.3 is 5.97 Å². The van der Waals surface area contributed by atoms with Crippen LogP contribution in [0.4, 0.5) is 0 Å². The lowest BCUT2D eigenvalue weighted by atomic mass is 10.3. The smallest absolute Gasteiger partial charge is 0.309 e. The maximum absolute atomic E-state index is 12.0. The quantitative estimate of drug-likeness (QED) is 0.806. The first-order valence-electron chi connectivity index (χ1n) is 6.39. The van der Waals surface area contributed by atoms with Gasteiger partial charge < -0.3 is 4.74 Å². The number of aromatic nitrogens is 2. The SMILES string of the molecule is C[C@@H]1C[C@@H]1C(=O)OCc1cc(=O)n2cc(Br)ccc2n1. The van der Waals surface area contributed by atoms with Gasteiger partial charge in [-0.3, -0.25) is 14.0 Å². The second-order valence-electron chi connectivity index (χ2n) is 5.09. The first-order valence-corrected chi connectivity index (χ1v) is 7.18. The summed E-state index contributed by atoms with van der Waals surface area (Å²) in [6.45, 7) is 2.06. The van der Waals surface area contributed by atoms with Gasteiger partial charge in [0.15, 0.2) is 0 Å². The zero-order valence-corrected chi connectivity index (χ0v) is 12.5. The number of carbonyl (C=O) groups excluding carboxylic acids is 1. The molecule has 104 valence electrons. The number of esters is 1. The molecule has 2 heterocycles. The number of hydrogen-bond acceptors (Lipinski definition) is 4. The highest BCUT2D eigenvalue weighted by Gasteiger charge is 2.40. The Morgan fingerprint density at radius 1 is 1.55 bits per heavy atom. The summed E-state index contributed by atoms with van der Waals surface area (Å²) in [7, 11) is 0. The van der Waals surface area contributed by atoms with E-state index in [4.69, 9.17) is 4.74 Å². The molecular weight excluding hydrogens is 324 g/mol. The van der Waals surface area contributed by atoms with Crippen molar-refractivity contribution in [1.82, 2.24) is 9.38 Å². The van der Waals surface area contributed by atoms with Crippen molar-refractivity contribution in [2.75, 3.05) is 0 Å². The molecular formula is C14H13BrN2O3. The summed E-state index contributed by atoms with van der Waals surface area (Å²) < 4.78 is 7.44. The van der Waals surface area contributed by atoms with Crippen LogP contribution in [0.15, 0.2) is 33.7 Å². The van der Waals surface area contributed by atoms with Gasteiger partial charge in [0.1, 0.15) is 12.3 Å². The summed E-state index contributed by atoms with van der Waals surface area (Å²) in [5.74, 6) is 0.234. The van der Waals surface area contributed by atoms with Crippen LogP contribution in [0.1, 0.15) is 19.0 Å². The second-order valence-corrected chi connectivity index (χ2v) is 6.00. The summed E-state index contributed by atoms with van der Waals surface area (Å²) in [6.07, 6.45) is 2.55. The van der Waals surface area contributed by atoms with Crippen LogP contribution < -0.4 is 5.56 Å². The van der Waals surface area contributed by atoms with Gasteiger partial charge in [0, 0.05) is 16.7 Å². The van der Waals surface area contributed by atoms with Gasteiger partial charge in [-0.05, 0) is 40.4 Å². The molecule has 2 atom stereocenters. The van der Waals surface area contributed by atoms with Crippen LogP contribution in [0.2, 0.25) is 0 Å². The Hall–Kier alpha value is -1.69. The zero-order valence-electron chi connectivity index (χ0n) is 10.9. The summed E-state index contributed by atoms with van der Waals surface area (Å²) in [5.41, 5.74) is 0.813. The predicted molar refractivity (Wildman–Crippen MR) is 76.2 cm³/mol. The van der Waals surface area contributed by atoms with Gasteiger partial charge in [0.2, 0.25) is 0 Å². The fourth-order valence-electron chi connectivity index (χ4n) is 2.10. The first kappa shape index (κ1) is 13.3. The molecule has 0 radical (unpaired) electrons. The molecule has 2 aromatic heterocycles. The number of rotatable bonds is 3. The molecule has 0 aliphatic heterocycles. The topological polar surface area (TPSA) is 60.7 Å². The summed E-state index contributed by atoms with van der Waals surface area (Å²) in [5, 5.41) is 0. The van der Waals surface area contributed by atoms with E-state index >= 15 is 0 Å². The molecule has 5 nitrogen and oxygen atoms in total. The molecule has 2 aromatic rings. The number of nitrogens with zero attached hydrogens (tertiary/aromatic N) is 2. The third kappa shape index (κ3) is 2.60. The first-order chi connectivity index (χ1) is 9.54. The largest absolute Gasteiger partial charge is 0.459 e. The average Bonchev–Trinajstić information content (AvgIpc) is 3.14. The molecule has 0 saturated heterocycles. The van der Waals surface area contributed by atoms with E-state index in [1.54, 1.807) is 12.3 Å². The number of hydrogen-bond donors (Lipinski definition) is 0. The van der Waals surface area contributed by atoms with E-state index < -0.39 is 0 Å². The van der Waals surface area contributed by atoms with E-state index in [2.05, 4.69) is 20.9 Å². The molecule has 6 heteroatoms. The third-order valence-corrected chi connectivity index (χ3v) is 3.92. The molecule has 1 saturated carbocycles. The lowest BCUT2D eigenvalue weighted by molar-refractivity contribution is -0.147. The summed E-state index contributed by atoms with van der Waals surface area (Å²) >= 11 is 3.31. The van der Waals surface area contributed by atoms with Crippen molar-refractivity contribution < 1.29 is 9.53 Å². The van der Waals surface area contributed by atoms with Crippen molar-refractivity contribution in [3.8, 4) is 0 Å². The molecule has 1 aliphatic rings. The van der Waals surface area contributed by atoms with Gasteiger partial charge in [-0.1, -0.05) is 6.92 Å². The number of halogens is 1. The van der Waals surface area contributed by atoms with E-state index in [9.17, 15) is 9.59 Å². The van der Waals surface area contributed by atoms with Crippen LogP contribution in [0.3, 0.4) is 0 Å². The van der Waals surface area contributed by atoms with Gasteiger partial charge in [-0.15, -0.1) is 0 Å². The zero-order chi connectivity index (χ0) is 14.3. The molecule has 0 spiro atoms. The Morgan fingerprint density at radius 2 is 2.30 bits per heavy atom. The standard InChI is InChI=1S/C14H13BrN2O3/c1-8-4-11(8)14(19)20-7-10-5-13(18)17-6-9(15)2-3-12(17)16-10/h2-3,5-6,8,11H,4,7H2,1H3/t8-,11+/m1/s1. The number of fused-ring (bicyclic) bond motifs is 1. The number of ether oxygens (including phenoxy) is 1. The van der Waals surface area contributed by atoms with Crippen molar-refractivity contribution in [2.45, 2.75) is 20.0 Å². The van der Waals surface area contributed by atoms with Gasteiger partial charge in [0.25, 0.3) is 5.56 Å². The Bertz CT molecular complexity index is 741. The van der Waals surface area contributed by atoms with Crippen LogP contribution in [0.5, 0.6) is 0 Å². The molecule has 0 amide bonds. The van der Waals surface area contributed by atoms with Crippen LogP contribution in [-0.2, 0) is 16.1 Å². The predicted octanol–water partition coefficient (Wildman–Crippen LogP) is 2.16. The highest BCUT2D eigenvalue weighted by molar-refractivity contribution is 9.10. The number of carbonyl (C=O) groups is 1. The monoisotopic (exact) mass is 336 g/mol. The maximum Gasteiger partial charge on any atom is 0.309 e. The Kier molecular flexibility index (Phi) is 3.33. The summed E-state index contributed by atoms with van der Waals surface area (Å²) in [6, 6.07) is 4.94. The van der Waals surface area contributed by atoms with Crippen molar-refractivity contribution in [1.29, 1.82) is 0 Å². The van der Waals surface area contributed by atoms with Crippen molar-refractivity contribution >= 4 is 27.5 Å². The minimum Gasteiger partial charge on any atom is -0.459 e. The van der Waals surface area contributed by atoms with Crippen LogP contribution >= 0.6 is 15.9 Å². The maximum atomic E-state index is 12.0. The Morgan fingerprint density at radius 3 is 3.00 bits per heavy atom. The Balaban J connectivity index is 1.80. The molecule has 0 bridgehead atoms. The highest BCUT2D eigenvalue weighted by atomic mass is 79.9. The Labute approximate surface area is 123 Å². The fraction of sp³-hybridized carbons (Fsp3) is 0.357. The van der Waals surface area contributed by atoms with E-state index in [1.807, 2.05) is 13.0 Å². The van der Waals surface area contributed by atoms with Crippen LogP contribution in [0, 0.1) is 11.8 Å². The van der Waals surface area contributed by atoms with Crippen LogP contribution in [-0.4, -0.2) is 15.4 Å². The minimum atomic E-state index is -0.199. The molecule has 0 aromatic carbocycles. The molecule has 0 N–H and O–H groups in total. The second kappa shape index (κ2) is 5.01. The minimum absolute atomic E-state index is 0.0208. The molecule has 20 heavy (non-hydrogen) atoms. The molecule has 1 aliphatic carbocycles. The van der Waals surface area contributed by atoms with Crippen molar-refractivity contribution in [3.05, 3.63) is 44.9 Å². The lowest BCUT2D eigenvalue weighted by Crippen LogP contribution is -2.17. The van der Waals surface area contributed by atoms with E-state index in [0.29, 0.717) is 17.3 Å². The van der Waals surface area contributed by atoms with E-state index in [1.165, 1.54) is 10.5 Å². The van der Waals surface area contributed by atoms with Crippen LogP contribution in [0.25, 0.3) is 5.65 Å².